The second-order valence-corrected chi connectivity index (χ2v) is 7.10. The van der Waals surface area contributed by atoms with E-state index in [1.807, 2.05) is 36.3 Å². The molecule has 4 heterocycles. The van der Waals surface area contributed by atoms with Crippen molar-refractivity contribution in [3.8, 4) is 0 Å². The first-order valence-corrected chi connectivity index (χ1v) is 9.11. The van der Waals surface area contributed by atoms with Crippen molar-refractivity contribution < 1.29 is 9.47 Å². The van der Waals surface area contributed by atoms with Gasteiger partial charge in [-0.2, -0.15) is 5.10 Å². The Bertz CT molecular complexity index is 675. The van der Waals surface area contributed by atoms with Crippen molar-refractivity contribution in [3.63, 3.8) is 0 Å². The lowest BCUT2D eigenvalue weighted by Gasteiger charge is -2.35. The van der Waals surface area contributed by atoms with Crippen molar-refractivity contribution in [2.45, 2.75) is 50.7 Å². The van der Waals surface area contributed by atoms with Crippen molar-refractivity contribution in [2.24, 2.45) is 7.05 Å². The van der Waals surface area contributed by atoms with Gasteiger partial charge in [0, 0.05) is 50.3 Å². The maximum absolute atomic E-state index is 6.32. The third-order valence-corrected chi connectivity index (χ3v) is 5.19. The van der Waals surface area contributed by atoms with Crippen molar-refractivity contribution in [2.75, 3.05) is 13.2 Å². The summed E-state index contributed by atoms with van der Waals surface area (Å²) in [5, 5.41) is 4.27. The van der Waals surface area contributed by atoms with Gasteiger partial charge in [0.15, 0.2) is 0 Å². The van der Waals surface area contributed by atoms with Gasteiger partial charge in [-0.15, -0.1) is 0 Å². The summed E-state index contributed by atoms with van der Waals surface area (Å²) in [7, 11) is 1.97. The highest BCUT2D eigenvalue weighted by atomic mass is 16.5. The first-order chi connectivity index (χ1) is 12.3. The van der Waals surface area contributed by atoms with Gasteiger partial charge in [0.05, 0.1) is 31.6 Å². The van der Waals surface area contributed by atoms with Crippen molar-refractivity contribution in [1.29, 1.82) is 0 Å². The topological polar surface area (TPSA) is 52.4 Å². The van der Waals surface area contributed by atoms with E-state index in [1.165, 1.54) is 12.0 Å². The monoisotopic (exact) mass is 342 g/mol. The number of fused-ring (bicyclic) bond motifs is 1. The Balaban J connectivity index is 1.24. The fourth-order valence-corrected chi connectivity index (χ4v) is 3.98. The summed E-state index contributed by atoms with van der Waals surface area (Å²) in [6.07, 6.45) is 11.6. The molecule has 3 atom stereocenters. The maximum atomic E-state index is 6.32. The lowest BCUT2D eigenvalue weighted by atomic mass is 9.99. The molecule has 0 radical (unpaired) electrons. The normalized spacial score (nSPS) is 26.7. The molecule has 2 fully saturated rings. The molecule has 0 aliphatic carbocycles. The second-order valence-electron chi connectivity index (χ2n) is 7.10. The van der Waals surface area contributed by atoms with Crippen molar-refractivity contribution in [3.05, 3.63) is 48.0 Å². The zero-order valence-corrected chi connectivity index (χ0v) is 14.8. The summed E-state index contributed by atoms with van der Waals surface area (Å²) in [6.45, 7) is 3.35. The van der Waals surface area contributed by atoms with Gasteiger partial charge in [0.1, 0.15) is 0 Å². The molecule has 0 amide bonds. The van der Waals surface area contributed by atoms with Crippen LogP contribution in [0.4, 0.5) is 0 Å². The molecule has 2 aromatic rings. The number of hydrogen-bond acceptors (Lipinski definition) is 5. The third kappa shape index (κ3) is 4.08. The Labute approximate surface area is 148 Å². The molecular weight excluding hydrogens is 316 g/mol. The standard InChI is InChI=1S/C19H26N4O2/c1-22-11-16(10-21-22)12-23-8-6-19-18(23)5-4-17(25-19)14-24-13-15-3-2-7-20-9-15/h2-3,7,9-11,17-19H,4-6,8,12-14H2,1H3/t17-,18+,19+/m1/s1. The van der Waals surface area contributed by atoms with Crippen LogP contribution < -0.4 is 0 Å². The Morgan fingerprint density at radius 2 is 2.20 bits per heavy atom. The number of aryl methyl sites for hydroxylation is 1. The molecule has 0 bridgehead atoms. The molecule has 0 unspecified atom stereocenters. The summed E-state index contributed by atoms with van der Waals surface area (Å²) in [5.41, 5.74) is 2.39. The van der Waals surface area contributed by atoms with E-state index in [4.69, 9.17) is 9.47 Å². The van der Waals surface area contributed by atoms with Crippen LogP contribution in [-0.2, 0) is 29.7 Å². The van der Waals surface area contributed by atoms with E-state index >= 15 is 0 Å². The van der Waals surface area contributed by atoms with Crippen LogP contribution in [0, 0.1) is 0 Å². The maximum Gasteiger partial charge on any atom is 0.0813 e. The Morgan fingerprint density at radius 3 is 3.00 bits per heavy atom. The molecule has 0 aromatic carbocycles. The second kappa shape index (κ2) is 7.64. The van der Waals surface area contributed by atoms with E-state index in [0.29, 0.717) is 25.4 Å². The van der Waals surface area contributed by atoms with Crippen LogP contribution in [0.25, 0.3) is 0 Å². The first kappa shape index (κ1) is 16.7. The van der Waals surface area contributed by atoms with E-state index < -0.39 is 0 Å². The molecule has 4 rings (SSSR count). The lowest BCUT2D eigenvalue weighted by molar-refractivity contribution is -0.102. The molecule has 2 aromatic heterocycles. The highest BCUT2D eigenvalue weighted by Crippen LogP contribution is 2.32. The largest absolute Gasteiger partial charge is 0.374 e. The predicted molar refractivity (Wildman–Crippen MR) is 93.8 cm³/mol. The number of rotatable bonds is 6. The van der Waals surface area contributed by atoms with E-state index in [0.717, 1.165) is 31.5 Å². The smallest absolute Gasteiger partial charge is 0.0813 e. The number of aromatic nitrogens is 3. The fraction of sp³-hybridized carbons (Fsp3) is 0.579. The van der Waals surface area contributed by atoms with Gasteiger partial charge in [-0.05, 0) is 30.9 Å². The van der Waals surface area contributed by atoms with Crippen LogP contribution in [0.15, 0.2) is 36.9 Å². The summed E-state index contributed by atoms with van der Waals surface area (Å²) < 4.78 is 14.0. The quantitative estimate of drug-likeness (QED) is 0.805. The van der Waals surface area contributed by atoms with Crippen LogP contribution in [0.3, 0.4) is 0 Å². The summed E-state index contributed by atoms with van der Waals surface area (Å²) in [4.78, 5) is 6.67. The van der Waals surface area contributed by atoms with Gasteiger partial charge in [-0.1, -0.05) is 6.07 Å². The van der Waals surface area contributed by atoms with Gasteiger partial charge >= 0.3 is 0 Å². The number of likely N-dealkylation sites (tertiary alicyclic amines) is 1. The van der Waals surface area contributed by atoms with Crippen LogP contribution in [0.2, 0.25) is 0 Å². The predicted octanol–water partition coefficient (Wildman–Crippen LogP) is 2.15. The van der Waals surface area contributed by atoms with Crippen LogP contribution in [-0.4, -0.2) is 51.1 Å². The minimum absolute atomic E-state index is 0.219. The molecule has 0 spiro atoms. The molecule has 2 aliphatic heterocycles. The average molecular weight is 342 g/mol. The van der Waals surface area contributed by atoms with E-state index in [1.54, 1.807) is 6.20 Å². The SMILES string of the molecule is Cn1cc(CN2CC[C@@H]3O[C@@H](COCc4cccnc4)CC[C@@H]32)cn1. The molecule has 2 saturated heterocycles. The van der Waals surface area contributed by atoms with E-state index in [-0.39, 0.29) is 6.10 Å². The third-order valence-electron chi connectivity index (χ3n) is 5.19. The number of pyridine rings is 1. The Morgan fingerprint density at radius 1 is 1.24 bits per heavy atom. The first-order valence-electron chi connectivity index (χ1n) is 9.11. The molecule has 2 aliphatic rings. The molecule has 6 nitrogen and oxygen atoms in total. The van der Waals surface area contributed by atoms with Crippen molar-refractivity contribution >= 4 is 0 Å². The summed E-state index contributed by atoms with van der Waals surface area (Å²) in [5.74, 6) is 0. The highest BCUT2D eigenvalue weighted by Gasteiger charge is 2.39. The number of hydrogen-bond donors (Lipinski definition) is 0. The van der Waals surface area contributed by atoms with Gasteiger partial charge < -0.3 is 9.47 Å². The minimum atomic E-state index is 0.219. The molecule has 6 heteroatoms. The highest BCUT2D eigenvalue weighted by molar-refractivity contribution is 5.07. The molecule has 0 N–H and O–H groups in total. The van der Waals surface area contributed by atoms with Gasteiger partial charge in [-0.3, -0.25) is 14.6 Å². The average Bonchev–Trinajstić information content (AvgIpc) is 3.22. The zero-order chi connectivity index (χ0) is 17.1. The number of ether oxygens (including phenoxy) is 2. The van der Waals surface area contributed by atoms with Crippen molar-refractivity contribution in [1.82, 2.24) is 19.7 Å². The zero-order valence-electron chi connectivity index (χ0n) is 14.8. The van der Waals surface area contributed by atoms with Gasteiger partial charge in [-0.25, -0.2) is 0 Å². The molecule has 25 heavy (non-hydrogen) atoms. The van der Waals surface area contributed by atoms with Crippen LogP contribution in [0.1, 0.15) is 30.4 Å². The summed E-state index contributed by atoms with van der Waals surface area (Å²) in [6, 6.07) is 4.52. The lowest BCUT2D eigenvalue weighted by Crippen LogP contribution is -2.43. The molecule has 0 saturated carbocycles. The van der Waals surface area contributed by atoms with Gasteiger partial charge in [0.2, 0.25) is 0 Å². The van der Waals surface area contributed by atoms with Crippen LogP contribution in [0.5, 0.6) is 0 Å². The molecule has 134 valence electrons. The fourth-order valence-electron chi connectivity index (χ4n) is 3.98. The Hall–Kier alpha value is -1.76. The minimum Gasteiger partial charge on any atom is -0.374 e. The van der Waals surface area contributed by atoms with E-state index in [2.05, 4.69) is 21.2 Å². The van der Waals surface area contributed by atoms with Gasteiger partial charge in [0.25, 0.3) is 0 Å². The summed E-state index contributed by atoms with van der Waals surface area (Å²) >= 11 is 0. The van der Waals surface area contributed by atoms with E-state index in [9.17, 15) is 0 Å². The number of nitrogens with zero attached hydrogens (tertiary/aromatic N) is 4. The Kier molecular flexibility index (Phi) is 5.10. The van der Waals surface area contributed by atoms with Crippen LogP contribution >= 0.6 is 0 Å². The molecular formula is C19H26N4O2.